The molecule has 184 valence electrons. The Labute approximate surface area is 217 Å². The van der Waals surface area contributed by atoms with Gasteiger partial charge < -0.3 is 9.30 Å². The van der Waals surface area contributed by atoms with Gasteiger partial charge in [-0.1, -0.05) is 41.7 Å². The predicted molar refractivity (Wildman–Crippen MR) is 146 cm³/mol. The summed E-state index contributed by atoms with van der Waals surface area (Å²) in [5.74, 6) is -0.447. The molecule has 0 aliphatic carbocycles. The lowest BCUT2D eigenvalue weighted by Crippen LogP contribution is -2.39. The molecule has 0 saturated carbocycles. The Kier molecular flexibility index (Phi) is 6.49. The van der Waals surface area contributed by atoms with Crippen LogP contribution >= 0.6 is 23.1 Å². The van der Waals surface area contributed by atoms with E-state index in [0.29, 0.717) is 20.6 Å². The van der Waals surface area contributed by atoms with Crippen LogP contribution in [0.25, 0.3) is 17.0 Å². The van der Waals surface area contributed by atoms with Crippen LogP contribution in [0.2, 0.25) is 0 Å². The summed E-state index contributed by atoms with van der Waals surface area (Å²) >= 11 is 2.99. The Bertz CT molecular complexity index is 1710. The van der Waals surface area contributed by atoms with Gasteiger partial charge in [-0.2, -0.15) is 0 Å². The summed E-state index contributed by atoms with van der Waals surface area (Å²) in [6.45, 7) is 5.89. The first-order valence-electron chi connectivity index (χ1n) is 11.7. The quantitative estimate of drug-likeness (QED) is 0.292. The summed E-state index contributed by atoms with van der Waals surface area (Å²) in [5, 5.41) is 1.09. The zero-order chi connectivity index (χ0) is 25.6. The molecule has 0 spiro atoms. The van der Waals surface area contributed by atoms with Crippen molar-refractivity contribution in [3.63, 3.8) is 0 Å². The Morgan fingerprint density at radius 2 is 1.89 bits per heavy atom. The summed E-state index contributed by atoms with van der Waals surface area (Å²) in [6, 6.07) is 15.5. The molecule has 5 rings (SSSR count). The summed E-state index contributed by atoms with van der Waals surface area (Å²) in [5.41, 5.74) is 4.85. The molecule has 0 saturated heterocycles. The molecule has 2 aromatic carbocycles. The fourth-order valence-corrected chi connectivity index (χ4v) is 6.19. The van der Waals surface area contributed by atoms with Crippen molar-refractivity contribution in [3.8, 4) is 0 Å². The van der Waals surface area contributed by atoms with Gasteiger partial charge in [-0.15, -0.1) is 11.8 Å². The van der Waals surface area contributed by atoms with Crippen molar-refractivity contribution >= 4 is 46.0 Å². The first kappa shape index (κ1) is 24.3. The second-order valence-electron chi connectivity index (χ2n) is 8.65. The van der Waals surface area contributed by atoms with Gasteiger partial charge in [0.25, 0.3) is 5.56 Å². The fraction of sp³-hybridized carbons (Fsp3) is 0.250. The van der Waals surface area contributed by atoms with E-state index in [1.807, 2.05) is 55.8 Å². The van der Waals surface area contributed by atoms with Crippen molar-refractivity contribution in [1.82, 2.24) is 9.13 Å². The Balaban J connectivity index is 1.76. The molecule has 0 fully saturated rings. The second kappa shape index (κ2) is 9.59. The summed E-state index contributed by atoms with van der Waals surface area (Å²) in [4.78, 5) is 33.3. The third-order valence-electron chi connectivity index (χ3n) is 6.67. The maximum Gasteiger partial charge on any atom is 0.338 e. The summed E-state index contributed by atoms with van der Waals surface area (Å²) < 4.78 is 9.75. The molecule has 0 N–H and O–H groups in total. The number of benzene rings is 2. The van der Waals surface area contributed by atoms with Gasteiger partial charge >= 0.3 is 5.97 Å². The number of para-hydroxylation sites is 1. The third-order valence-corrected chi connectivity index (χ3v) is 8.40. The van der Waals surface area contributed by atoms with E-state index in [-0.39, 0.29) is 12.2 Å². The number of fused-ring (bicyclic) bond motifs is 2. The van der Waals surface area contributed by atoms with Crippen LogP contribution in [-0.4, -0.2) is 28.0 Å². The standard InChI is InChI=1S/C28H27N3O3S2/c1-6-34-27(33)24-16(2)29-28-31(25(24)18-11-13-19(35-5)14-12-18)26(32)23(36-28)15-21-17(3)30(4)22-10-8-7-9-20(21)22/h7-15,25H,6H2,1-5H3. The van der Waals surface area contributed by atoms with E-state index in [4.69, 9.17) is 4.74 Å². The maximum atomic E-state index is 13.9. The van der Waals surface area contributed by atoms with Crippen molar-refractivity contribution in [2.24, 2.45) is 12.0 Å². The molecule has 0 radical (unpaired) electrons. The monoisotopic (exact) mass is 517 g/mol. The topological polar surface area (TPSA) is 65.6 Å². The second-order valence-corrected chi connectivity index (χ2v) is 10.5. The van der Waals surface area contributed by atoms with Crippen molar-refractivity contribution < 1.29 is 9.53 Å². The van der Waals surface area contributed by atoms with Crippen LogP contribution in [0.4, 0.5) is 0 Å². The van der Waals surface area contributed by atoms with Gasteiger partial charge in [0, 0.05) is 34.1 Å². The highest BCUT2D eigenvalue weighted by molar-refractivity contribution is 7.98. The van der Waals surface area contributed by atoms with Crippen LogP contribution in [0.15, 0.2) is 74.5 Å². The molecule has 2 aromatic heterocycles. The number of rotatable bonds is 5. The number of carbonyl (C=O) groups excluding carboxylic acids is 1. The highest BCUT2D eigenvalue weighted by Crippen LogP contribution is 2.32. The third kappa shape index (κ3) is 3.94. The number of esters is 1. The smallest absolute Gasteiger partial charge is 0.338 e. The number of nitrogens with zero attached hydrogens (tertiary/aromatic N) is 3. The molecule has 3 heterocycles. The molecule has 36 heavy (non-hydrogen) atoms. The molecule has 1 aliphatic heterocycles. The van der Waals surface area contributed by atoms with E-state index in [1.165, 1.54) is 11.3 Å². The Morgan fingerprint density at radius 3 is 2.58 bits per heavy atom. The average Bonchev–Trinajstić information content (AvgIpc) is 3.32. The zero-order valence-corrected chi connectivity index (χ0v) is 22.5. The van der Waals surface area contributed by atoms with Gasteiger partial charge in [-0.05, 0) is 56.9 Å². The lowest BCUT2D eigenvalue weighted by molar-refractivity contribution is -0.139. The molecule has 1 unspecified atom stereocenters. The zero-order valence-electron chi connectivity index (χ0n) is 20.9. The van der Waals surface area contributed by atoms with Crippen LogP contribution in [0.3, 0.4) is 0 Å². The lowest BCUT2D eigenvalue weighted by Gasteiger charge is -2.24. The van der Waals surface area contributed by atoms with Crippen LogP contribution < -0.4 is 14.9 Å². The summed E-state index contributed by atoms with van der Waals surface area (Å²) in [7, 11) is 2.03. The minimum Gasteiger partial charge on any atom is -0.463 e. The van der Waals surface area contributed by atoms with Crippen molar-refractivity contribution in [3.05, 3.63) is 96.3 Å². The van der Waals surface area contributed by atoms with E-state index in [9.17, 15) is 9.59 Å². The molecule has 4 aromatic rings. The number of allylic oxidation sites excluding steroid dienone is 1. The first-order chi connectivity index (χ1) is 17.3. The lowest BCUT2D eigenvalue weighted by atomic mass is 9.96. The van der Waals surface area contributed by atoms with E-state index in [2.05, 4.69) is 28.6 Å². The number of ether oxygens (including phenoxy) is 1. The van der Waals surface area contributed by atoms with Crippen molar-refractivity contribution in [2.45, 2.75) is 31.7 Å². The number of hydrogen-bond donors (Lipinski definition) is 0. The van der Waals surface area contributed by atoms with Crippen molar-refractivity contribution in [2.75, 3.05) is 12.9 Å². The van der Waals surface area contributed by atoms with Gasteiger partial charge in [0.1, 0.15) is 0 Å². The fourth-order valence-electron chi connectivity index (χ4n) is 4.76. The highest BCUT2D eigenvalue weighted by Gasteiger charge is 2.33. The average molecular weight is 518 g/mol. The highest BCUT2D eigenvalue weighted by atomic mass is 32.2. The van der Waals surface area contributed by atoms with Gasteiger partial charge in [-0.25, -0.2) is 9.79 Å². The van der Waals surface area contributed by atoms with E-state index >= 15 is 0 Å². The van der Waals surface area contributed by atoms with Gasteiger partial charge in [-0.3, -0.25) is 9.36 Å². The van der Waals surface area contributed by atoms with Gasteiger partial charge in [0.05, 0.1) is 28.5 Å². The molecule has 1 aliphatic rings. The molecule has 6 nitrogen and oxygen atoms in total. The van der Waals surface area contributed by atoms with Crippen LogP contribution in [-0.2, 0) is 16.6 Å². The first-order valence-corrected chi connectivity index (χ1v) is 13.8. The van der Waals surface area contributed by atoms with E-state index < -0.39 is 12.0 Å². The molecule has 0 amide bonds. The number of carbonyl (C=O) groups is 1. The predicted octanol–water partition coefficient (Wildman–Crippen LogP) is 4.32. The SMILES string of the molecule is CCOC(=O)C1=C(C)N=c2sc(=Cc3c(C)n(C)c4ccccc34)c(=O)n2C1c1ccc(SC)cc1. The molecule has 1 atom stereocenters. The molecule has 0 bridgehead atoms. The molecule has 8 heteroatoms. The van der Waals surface area contributed by atoms with E-state index in [1.54, 1.807) is 30.2 Å². The van der Waals surface area contributed by atoms with Crippen LogP contribution in [0.1, 0.15) is 36.7 Å². The number of thiazole rings is 1. The van der Waals surface area contributed by atoms with Crippen molar-refractivity contribution in [1.29, 1.82) is 0 Å². The number of thioether (sulfide) groups is 1. The number of aryl methyl sites for hydroxylation is 1. The normalized spacial score (nSPS) is 15.8. The van der Waals surface area contributed by atoms with Crippen LogP contribution in [0.5, 0.6) is 0 Å². The summed E-state index contributed by atoms with van der Waals surface area (Å²) in [6.07, 6.45) is 3.97. The van der Waals surface area contributed by atoms with Gasteiger partial charge in [0.2, 0.25) is 0 Å². The minimum absolute atomic E-state index is 0.167. The number of hydrogen-bond acceptors (Lipinski definition) is 6. The largest absolute Gasteiger partial charge is 0.463 e. The van der Waals surface area contributed by atoms with Crippen LogP contribution in [0, 0.1) is 6.92 Å². The minimum atomic E-state index is -0.605. The van der Waals surface area contributed by atoms with Gasteiger partial charge in [0.15, 0.2) is 4.80 Å². The molecular weight excluding hydrogens is 490 g/mol. The molecular formula is C28H27N3O3S2. The number of aromatic nitrogens is 2. The maximum absolute atomic E-state index is 13.9. The Hall–Kier alpha value is -3.36. The Morgan fingerprint density at radius 1 is 1.17 bits per heavy atom. The van der Waals surface area contributed by atoms with E-state index in [0.717, 1.165) is 32.6 Å².